The van der Waals surface area contributed by atoms with Crippen molar-refractivity contribution < 1.29 is 4.79 Å². The molecule has 0 radical (unpaired) electrons. The summed E-state index contributed by atoms with van der Waals surface area (Å²) < 4.78 is 0. The van der Waals surface area contributed by atoms with E-state index in [4.69, 9.17) is 0 Å². The Hall–Kier alpha value is -0.770. The van der Waals surface area contributed by atoms with E-state index in [0.717, 1.165) is 19.6 Å². The van der Waals surface area contributed by atoms with Crippen LogP contribution < -0.4 is 5.32 Å². The topological polar surface area (TPSA) is 35.6 Å². The Labute approximate surface area is 99.0 Å². The molecule has 1 N–H and O–H groups in total. The number of nitrogens with zero attached hydrogens (tertiary/aromatic N) is 2. The lowest BCUT2D eigenvalue weighted by molar-refractivity contribution is 0.159. The Morgan fingerprint density at radius 2 is 2.12 bits per heavy atom. The first-order valence-corrected chi connectivity index (χ1v) is 6.20. The zero-order valence-corrected chi connectivity index (χ0v) is 11.0. The summed E-state index contributed by atoms with van der Waals surface area (Å²) in [4.78, 5) is 15.6. The van der Waals surface area contributed by atoms with Gasteiger partial charge in [-0.3, -0.25) is 0 Å². The van der Waals surface area contributed by atoms with E-state index < -0.39 is 0 Å². The molecular formula is C12H25N3O. The number of carbonyl (C=O) groups excluding carboxylic acids is 1. The number of carbonyl (C=O) groups is 1. The van der Waals surface area contributed by atoms with Crippen LogP contribution in [0.5, 0.6) is 0 Å². The van der Waals surface area contributed by atoms with E-state index in [2.05, 4.69) is 19.2 Å². The molecule has 0 aliphatic carbocycles. The van der Waals surface area contributed by atoms with Gasteiger partial charge in [0.25, 0.3) is 0 Å². The summed E-state index contributed by atoms with van der Waals surface area (Å²) in [6.07, 6.45) is 2.42. The van der Waals surface area contributed by atoms with Crippen LogP contribution in [0.3, 0.4) is 0 Å². The van der Waals surface area contributed by atoms with Gasteiger partial charge in [-0.1, -0.05) is 13.8 Å². The minimum atomic E-state index is 0.127. The Morgan fingerprint density at radius 3 is 2.56 bits per heavy atom. The monoisotopic (exact) mass is 227 g/mol. The van der Waals surface area contributed by atoms with E-state index >= 15 is 0 Å². The van der Waals surface area contributed by atoms with Crippen LogP contribution in [0.15, 0.2) is 0 Å². The van der Waals surface area contributed by atoms with Gasteiger partial charge in [-0.15, -0.1) is 0 Å². The van der Waals surface area contributed by atoms with Crippen molar-refractivity contribution in [1.29, 1.82) is 0 Å². The second-order valence-corrected chi connectivity index (χ2v) is 5.27. The first-order valence-electron chi connectivity index (χ1n) is 6.20. The fraction of sp³-hybridized carbons (Fsp3) is 0.917. The maximum atomic E-state index is 12.0. The second kappa shape index (κ2) is 6.09. The molecule has 94 valence electrons. The van der Waals surface area contributed by atoms with E-state index in [0.29, 0.717) is 12.0 Å². The average Bonchev–Trinajstić information content (AvgIpc) is 2.67. The molecule has 1 atom stereocenters. The highest BCUT2D eigenvalue weighted by Crippen LogP contribution is 2.10. The lowest BCUT2D eigenvalue weighted by Crippen LogP contribution is -2.46. The largest absolute Gasteiger partial charge is 0.331 e. The number of urea groups is 1. The van der Waals surface area contributed by atoms with Gasteiger partial charge in [0.05, 0.1) is 0 Å². The standard InChI is InChI=1S/C12H25N3O/c1-10(2)8-15(12(16)14(3)4)9-11-6-5-7-13-11/h10-11,13H,5-9H2,1-4H3. The Kier molecular flexibility index (Phi) is 5.06. The minimum absolute atomic E-state index is 0.127. The third-order valence-corrected chi connectivity index (χ3v) is 2.84. The van der Waals surface area contributed by atoms with Crippen LogP contribution in [0.25, 0.3) is 0 Å². The summed E-state index contributed by atoms with van der Waals surface area (Å²) >= 11 is 0. The van der Waals surface area contributed by atoms with Crippen LogP contribution in [-0.2, 0) is 0 Å². The lowest BCUT2D eigenvalue weighted by Gasteiger charge is -2.30. The van der Waals surface area contributed by atoms with Crippen LogP contribution in [0.1, 0.15) is 26.7 Å². The molecule has 1 unspecified atom stereocenters. The normalized spacial score (nSPS) is 20.2. The number of amides is 2. The molecular weight excluding hydrogens is 202 g/mol. The molecule has 0 saturated carbocycles. The quantitative estimate of drug-likeness (QED) is 0.787. The Bertz CT molecular complexity index is 222. The van der Waals surface area contributed by atoms with E-state index in [1.54, 1.807) is 4.90 Å². The van der Waals surface area contributed by atoms with Crippen molar-refractivity contribution in [2.45, 2.75) is 32.7 Å². The van der Waals surface area contributed by atoms with Gasteiger partial charge in [0.1, 0.15) is 0 Å². The van der Waals surface area contributed by atoms with Crippen LogP contribution in [0, 0.1) is 5.92 Å². The van der Waals surface area contributed by atoms with Crippen molar-refractivity contribution in [3.63, 3.8) is 0 Å². The molecule has 1 aliphatic heterocycles. The number of hydrogen-bond acceptors (Lipinski definition) is 2. The zero-order chi connectivity index (χ0) is 12.1. The molecule has 4 nitrogen and oxygen atoms in total. The average molecular weight is 227 g/mol. The van der Waals surface area contributed by atoms with Crippen LogP contribution in [-0.4, -0.2) is 55.6 Å². The fourth-order valence-corrected chi connectivity index (χ4v) is 2.13. The summed E-state index contributed by atoms with van der Waals surface area (Å²) in [6.45, 7) is 7.08. The predicted molar refractivity (Wildman–Crippen MR) is 66.5 cm³/mol. The van der Waals surface area contributed by atoms with E-state index in [9.17, 15) is 4.79 Å². The molecule has 1 fully saturated rings. The number of rotatable bonds is 4. The SMILES string of the molecule is CC(C)CN(CC1CCCN1)C(=O)N(C)C. The maximum absolute atomic E-state index is 12.0. The van der Waals surface area contributed by atoms with E-state index in [1.807, 2.05) is 19.0 Å². The number of nitrogens with one attached hydrogen (secondary N) is 1. The van der Waals surface area contributed by atoms with Crippen molar-refractivity contribution in [1.82, 2.24) is 15.1 Å². The molecule has 0 bridgehead atoms. The fourth-order valence-electron chi connectivity index (χ4n) is 2.13. The molecule has 1 aliphatic rings. The van der Waals surface area contributed by atoms with Crippen LogP contribution in [0.2, 0.25) is 0 Å². The second-order valence-electron chi connectivity index (χ2n) is 5.27. The first kappa shape index (κ1) is 13.3. The highest BCUT2D eigenvalue weighted by Gasteiger charge is 2.22. The third-order valence-electron chi connectivity index (χ3n) is 2.84. The van der Waals surface area contributed by atoms with E-state index in [1.165, 1.54) is 12.8 Å². The summed E-state index contributed by atoms with van der Waals surface area (Å²) in [6, 6.07) is 0.616. The summed E-state index contributed by atoms with van der Waals surface area (Å²) in [5, 5.41) is 3.44. The summed E-state index contributed by atoms with van der Waals surface area (Å²) in [5.41, 5.74) is 0. The Balaban J connectivity index is 2.51. The van der Waals surface area contributed by atoms with Crippen LogP contribution in [0.4, 0.5) is 4.79 Å². The van der Waals surface area contributed by atoms with Gasteiger partial charge in [0, 0.05) is 33.2 Å². The first-order chi connectivity index (χ1) is 7.50. The van der Waals surface area contributed by atoms with Crippen molar-refractivity contribution in [3.8, 4) is 0 Å². The summed E-state index contributed by atoms with van der Waals surface area (Å²) in [7, 11) is 3.63. The van der Waals surface area contributed by atoms with Crippen molar-refractivity contribution >= 4 is 6.03 Å². The van der Waals surface area contributed by atoms with Gasteiger partial charge in [0.15, 0.2) is 0 Å². The molecule has 4 heteroatoms. The van der Waals surface area contributed by atoms with Gasteiger partial charge in [-0.05, 0) is 25.3 Å². The lowest BCUT2D eigenvalue weighted by atomic mass is 10.1. The minimum Gasteiger partial charge on any atom is -0.331 e. The van der Waals surface area contributed by atoms with Gasteiger partial charge < -0.3 is 15.1 Å². The molecule has 0 aromatic carbocycles. The predicted octanol–water partition coefficient (Wildman–Crippen LogP) is 1.38. The van der Waals surface area contributed by atoms with Gasteiger partial charge in [0.2, 0.25) is 0 Å². The summed E-state index contributed by atoms with van der Waals surface area (Å²) in [5.74, 6) is 0.519. The molecule has 1 saturated heterocycles. The van der Waals surface area contributed by atoms with Crippen molar-refractivity contribution in [3.05, 3.63) is 0 Å². The molecule has 0 spiro atoms. The molecule has 1 rings (SSSR count). The molecule has 0 aromatic heterocycles. The Morgan fingerprint density at radius 1 is 1.44 bits per heavy atom. The smallest absolute Gasteiger partial charge is 0.319 e. The van der Waals surface area contributed by atoms with Gasteiger partial charge in [-0.2, -0.15) is 0 Å². The highest BCUT2D eigenvalue weighted by atomic mass is 16.2. The molecule has 16 heavy (non-hydrogen) atoms. The van der Waals surface area contributed by atoms with Crippen molar-refractivity contribution in [2.75, 3.05) is 33.7 Å². The highest BCUT2D eigenvalue weighted by molar-refractivity contribution is 5.73. The molecule has 0 aromatic rings. The number of hydrogen-bond donors (Lipinski definition) is 1. The van der Waals surface area contributed by atoms with E-state index in [-0.39, 0.29) is 6.03 Å². The van der Waals surface area contributed by atoms with Gasteiger partial charge in [-0.25, -0.2) is 4.79 Å². The van der Waals surface area contributed by atoms with Crippen LogP contribution >= 0.6 is 0 Å². The molecule has 1 heterocycles. The third kappa shape index (κ3) is 4.00. The maximum Gasteiger partial charge on any atom is 0.319 e. The van der Waals surface area contributed by atoms with Gasteiger partial charge >= 0.3 is 6.03 Å². The molecule has 2 amide bonds. The van der Waals surface area contributed by atoms with Crippen molar-refractivity contribution in [2.24, 2.45) is 5.92 Å². The zero-order valence-electron chi connectivity index (χ0n) is 11.0.